The van der Waals surface area contributed by atoms with Gasteiger partial charge in [-0.1, -0.05) is 24.3 Å². The second kappa shape index (κ2) is 8.63. The fourth-order valence-electron chi connectivity index (χ4n) is 2.97. The van der Waals surface area contributed by atoms with Crippen LogP contribution in [0, 0.1) is 11.6 Å². The van der Waals surface area contributed by atoms with Gasteiger partial charge in [-0.3, -0.25) is 4.79 Å². The van der Waals surface area contributed by atoms with Crippen molar-refractivity contribution in [3.8, 4) is 22.6 Å². The summed E-state index contributed by atoms with van der Waals surface area (Å²) in [5, 5.41) is 0. The van der Waals surface area contributed by atoms with Crippen molar-refractivity contribution < 1.29 is 36.2 Å². The molecular formula is C22H16F5NO3. The van der Waals surface area contributed by atoms with Crippen LogP contribution in [0.4, 0.5) is 22.0 Å². The number of primary amides is 1. The number of ether oxygens (including phenoxy) is 2. The van der Waals surface area contributed by atoms with E-state index in [1.54, 1.807) is 24.3 Å². The largest absolute Gasteiger partial charge is 0.496 e. The summed E-state index contributed by atoms with van der Waals surface area (Å²) in [6.45, 7) is -0.155. The first-order chi connectivity index (χ1) is 14.6. The van der Waals surface area contributed by atoms with Crippen LogP contribution in [0.25, 0.3) is 11.1 Å². The van der Waals surface area contributed by atoms with Gasteiger partial charge in [-0.2, -0.15) is 13.2 Å². The molecular weight excluding hydrogens is 421 g/mol. The second-order valence-corrected chi connectivity index (χ2v) is 6.50. The van der Waals surface area contributed by atoms with E-state index in [4.69, 9.17) is 15.2 Å². The lowest BCUT2D eigenvalue weighted by molar-refractivity contribution is -0.137. The highest BCUT2D eigenvalue weighted by Gasteiger charge is 2.31. The van der Waals surface area contributed by atoms with Gasteiger partial charge < -0.3 is 15.2 Å². The van der Waals surface area contributed by atoms with E-state index in [2.05, 4.69) is 0 Å². The normalized spacial score (nSPS) is 11.3. The molecule has 0 fully saturated rings. The van der Waals surface area contributed by atoms with Crippen LogP contribution in [-0.4, -0.2) is 13.0 Å². The Kier molecular flexibility index (Phi) is 6.14. The summed E-state index contributed by atoms with van der Waals surface area (Å²) in [5.74, 6) is -3.92. The molecule has 2 N–H and O–H groups in total. The van der Waals surface area contributed by atoms with Crippen molar-refractivity contribution in [1.82, 2.24) is 0 Å². The molecule has 1 amide bonds. The summed E-state index contributed by atoms with van der Waals surface area (Å²) in [7, 11) is 1.26. The number of methoxy groups -OCH3 is 1. The Balaban J connectivity index is 1.87. The molecule has 0 unspecified atom stereocenters. The molecule has 31 heavy (non-hydrogen) atoms. The Bertz CT molecular complexity index is 1130. The van der Waals surface area contributed by atoms with Crippen molar-refractivity contribution in [1.29, 1.82) is 0 Å². The maximum atomic E-state index is 14.3. The van der Waals surface area contributed by atoms with Crippen molar-refractivity contribution in [2.45, 2.75) is 12.8 Å². The number of hydrogen-bond donors (Lipinski definition) is 1. The van der Waals surface area contributed by atoms with E-state index in [1.807, 2.05) is 0 Å². The zero-order valence-corrected chi connectivity index (χ0v) is 16.1. The second-order valence-electron chi connectivity index (χ2n) is 6.50. The Morgan fingerprint density at radius 3 is 2.39 bits per heavy atom. The summed E-state index contributed by atoms with van der Waals surface area (Å²) in [5.41, 5.74) is 4.75. The predicted octanol–water partition coefficient (Wildman–Crippen LogP) is 5.34. The molecule has 0 aliphatic heterocycles. The van der Waals surface area contributed by atoms with Gasteiger partial charge in [-0.15, -0.1) is 0 Å². The van der Waals surface area contributed by atoms with E-state index in [0.29, 0.717) is 16.7 Å². The maximum absolute atomic E-state index is 14.3. The van der Waals surface area contributed by atoms with Crippen LogP contribution in [0.5, 0.6) is 11.5 Å². The lowest BCUT2D eigenvalue weighted by atomic mass is 10.0. The molecule has 9 heteroatoms. The van der Waals surface area contributed by atoms with E-state index in [-0.39, 0.29) is 18.1 Å². The number of halogens is 5. The average molecular weight is 437 g/mol. The lowest BCUT2D eigenvalue weighted by Gasteiger charge is -2.14. The predicted molar refractivity (Wildman–Crippen MR) is 103 cm³/mol. The first kappa shape index (κ1) is 22.1. The van der Waals surface area contributed by atoms with Gasteiger partial charge in [0.1, 0.15) is 23.7 Å². The van der Waals surface area contributed by atoms with Gasteiger partial charge in [0.15, 0.2) is 11.6 Å². The minimum absolute atomic E-state index is 0.0311. The van der Waals surface area contributed by atoms with Crippen LogP contribution in [0.1, 0.15) is 21.5 Å². The number of nitrogens with two attached hydrogens (primary N) is 1. The SMILES string of the molecule is COc1cc(C(F)(F)F)ccc1-c1cccc(COc2ccc(F)c(C(N)=O)c2F)c1. The quantitative estimate of drug-likeness (QED) is 0.530. The number of hydrogen-bond acceptors (Lipinski definition) is 3. The maximum Gasteiger partial charge on any atom is 0.416 e. The Morgan fingerprint density at radius 1 is 1.00 bits per heavy atom. The molecule has 0 atom stereocenters. The van der Waals surface area contributed by atoms with E-state index < -0.39 is 34.8 Å². The highest BCUT2D eigenvalue weighted by molar-refractivity contribution is 5.93. The molecule has 0 bridgehead atoms. The molecule has 0 saturated heterocycles. The van der Waals surface area contributed by atoms with Crippen LogP contribution < -0.4 is 15.2 Å². The van der Waals surface area contributed by atoms with Crippen LogP contribution in [0.15, 0.2) is 54.6 Å². The molecule has 0 aromatic heterocycles. The summed E-state index contributed by atoms with van der Waals surface area (Å²) < 4.78 is 77.2. The third kappa shape index (κ3) is 4.76. The van der Waals surface area contributed by atoms with Gasteiger partial charge in [0.25, 0.3) is 5.91 Å². The summed E-state index contributed by atoms with van der Waals surface area (Å²) in [4.78, 5) is 11.2. The average Bonchev–Trinajstić information content (AvgIpc) is 2.72. The topological polar surface area (TPSA) is 61.6 Å². The van der Waals surface area contributed by atoms with Crippen LogP contribution in [0.2, 0.25) is 0 Å². The molecule has 0 aliphatic carbocycles. The summed E-state index contributed by atoms with van der Waals surface area (Å²) in [6.07, 6.45) is -4.51. The van der Waals surface area contributed by atoms with Crippen LogP contribution in [0.3, 0.4) is 0 Å². The first-order valence-electron chi connectivity index (χ1n) is 8.87. The molecule has 3 rings (SSSR count). The van der Waals surface area contributed by atoms with Crippen LogP contribution >= 0.6 is 0 Å². The number of carbonyl (C=O) groups is 1. The Morgan fingerprint density at radius 2 is 1.74 bits per heavy atom. The Hall–Kier alpha value is -3.62. The summed E-state index contributed by atoms with van der Waals surface area (Å²) >= 11 is 0. The minimum Gasteiger partial charge on any atom is -0.496 e. The first-order valence-corrected chi connectivity index (χ1v) is 8.87. The third-order valence-electron chi connectivity index (χ3n) is 4.46. The lowest BCUT2D eigenvalue weighted by Crippen LogP contribution is -2.16. The Labute approximate surface area is 174 Å². The van der Waals surface area contributed by atoms with Crippen molar-refractivity contribution in [2.75, 3.05) is 7.11 Å². The van der Waals surface area contributed by atoms with Gasteiger partial charge in [0.2, 0.25) is 0 Å². The van der Waals surface area contributed by atoms with Gasteiger partial charge in [-0.25, -0.2) is 8.78 Å². The van der Waals surface area contributed by atoms with Crippen molar-refractivity contribution in [3.63, 3.8) is 0 Å². The number of amides is 1. The van der Waals surface area contributed by atoms with Gasteiger partial charge in [0.05, 0.1) is 12.7 Å². The molecule has 0 heterocycles. The standard InChI is InChI=1S/C22H16F5NO3/c1-30-18-10-14(22(25,26)27)5-6-15(18)13-4-2-3-12(9-13)11-31-17-8-7-16(23)19(20(17)24)21(28)29/h2-10H,11H2,1H3,(H2,28,29). The van der Waals surface area contributed by atoms with Gasteiger partial charge in [0, 0.05) is 5.56 Å². The number of carbonyl (C=O) groups excluding carboxylic acids is 1. The molecule has 3 aromatic rings. The van der Waals surface area contributed by atoms with E-state index >= 15 is 0 Å². The number of rotatable bonds is 6. The van der Waals surface area contributed by atoms with Crippen molar-refractivity contribution >= 4 is 5.91 Å². The smallest absolute Gasteiger partial charge is 0.416 e. The fourth-order valence-corrected chi connectivity index (χ4v) is 2.97. The molecule has 0 radical (unpaired) electrons. The summed E-state index contributed by atoms with van der Waals surface area (Å²) in [6, 6.07) is 11.6. The fraction of sp³-hybridized carbons (Fsp3) is 0.136. The van der Waals surface area contributed by atoms with E-state index in [9.17, 15) is 26.7 Å². The molecule has 0 saturated carbocycles. The third-order valence-corrected chi connectivity index (χ3v) is 4.46. The van der Waals surface area contributed by atoms with Crippen molar-refractivity contribution in [2.24, 2.45) is 5.73 Å². The number of benzene rings is 3. The van der Waals surface area contributed by atoms with E-state index in [0.717, 1.165) is 24.3 Å². The zero-order valence-electron chi connectivity index (χ0n) is 16.1. The van der Waals surface area contributed by atoms with Crippen molar-refractivity contribution in [3.05, 3.63) is 82.9 Å². The molecule has 4 nitrogen and oxygen atoms in total. The molecule has 0 spiro atoms. The van der Waals surface area contributed by atoms with Crippen LogP contribution in [-0.2, 0) is 12.8 Å². The van der Waals surface area contributed by atoms with Gasteiger partial charge in [-0.05, 0) is 41.5 Å². The highest BCUT2D eigenvalue weighted by Crippen LogP contribution is 2.37. The molecule has 3 aromatic carbocycles. The van der Waals surface area contributed by atoms with Gasteiger partial charge >= 0.3 is 6.18 Å². The zero-order chi connectivity index (χ0) is 22.8. The minimum atomic E-state index is -4.51. The molecule has 0 aliphatic rings. The number of alkyl halides is 3. The highest BCUT2D eigenvalue weighted by atomic mass is 19.4. The van der Waals surface area contributed by atoms with E-state index in [1.165, 1.54) is 13.2 Å². The molecule has 162 valence electrons. The monoisotopic (exact) mass is 437 g/mol.